The van der Waals surface area contributed by atoms with E-state index in [1.54, 1.807) is 21.3 Å². The van der Waals surface area contributed by atoms with Gasteiger partial charge in [0.25, 0.3) is 0 Å². The van der Waals surface area contributed by atoms with E-state index in [-0.39, 0.29) is 4.87 Å². The average Bonchev–Trinajstić information content (AvgIpc) is 2.09. The molecule has 0 aromatic heterocycles. The molecular formula is C6H16O3S2Si. The molecule has 0 aromatic rings. The molecule has 0 bridgehead atoms. The van der Waals surface area contributed by atoms with E-state index in [1.807, 2.05) is 0 Å². The Balaban J connectivity index is 4.24. The van der Waals surface area contributed by atoms with Crippen LogP contribution >= 0.6 is 25.3 Å². The molecule has 0 fully saturated rings. The van der Waals surface area contributed by atoms with Gasteiger partial charge in [-0.1, -0.05) is 0 Å². The van der Waals surface area contributed by atoms with Crippen LogP contribution in [0.1, 0.15) is 6.42 Å². The van der Waals surface area contributed by atoms with Crippen LogP contribution in [0.3, 0.4) is 0 Å². The third-order valence-corrected chi connectivity index (χ3v) is 5.94. The fraction of sp³-hybridized carbons (Fsp3) is 1.00. The summed E-state index contributed by atoms with van der Waals surface area (Å²) < 4.78 is 15.7. The minimum Gasteiger partial charge on any atom is -0.376 e. The topological polar surface area (TPSA) is 27.7 Å². The van der Waals surface area contributed by atoms with Gasteiger partial charge in [-0.05, 0) is 12.2 Å². The van der Waals surface area contributed by atoms with Crippen molar-refractivity contribution in [2.45, 2.75) is 11.3 Å². The molecule has 0 saturated heterocycles. The summed E-state index contributed by atoms with van der Waals surface area (Å²) in [6.45, 7) is 0. The molecule has 0 N–H and O–H groups in total. The van der Waals surface area contributed by atoms with E-state index >= 15 is 0 Å². The third kappa shape index (κ3) is 2.93. The highest BCUT2D eigenvalue weighted by Gasteiger charge is 2.44. The Bertz CT molecular complexity index is 113. The number of hydrogen-bond acceptors (Lipinski definition) is 5. The zero-order valence-electron chi connectivity index (χ0n) is 7.61. The van der Waals surface area contributed by atoms with Gasteiger partial charge in [0.05, 0.1) is 4.87 Å². The molecule has 0 amide bonds. The van der Waals surface area contributed by atoms with E-state index in [0.29, 0.717) is 0 Å². The van der Waals surface area contributed by atoms with Gasteiger partial charge in [-0.2, -0.15) is 25.3 Å². The molecule has 0 aromatic carbocycles. The molecule has 1 unspecified atom stereocenters. The molecule has 3 nitrogen and oxygen atoms in total. The first-order valence-corrected chi connectivity index (χ1v) is 6.56. The summed E-state index contributed by atoms with van der Waals surface area (Å²) in [5, 5.41) is 0. The van der Waals surface area contributed by atoms with Gasteiger partial charge in [0.15, 0.2) is 0 Å². The quantitative estimate of drug-likeness (QED) is 0.525. The Morgan fingerprint density at radius 2 is 1.58 bits per heavy atom. The molecule has 0 radical (unpaired) electrons. The summed E-state index contributed by atoms with van der Waals surface area (Å²) >= 11 is 8.48. The predicted molar refractivity (Wildman–Crippen MR) is 58.0 cm³/mol. The van der Waals surface area contributed by atoms with E-state index in [0.717, 1.165) is 12.2 Å². The Morgan fingerprint density at radius 1 is 1.17 bits per heavy atom. The largest absolute Gasteiger partial charge is 0.513 e. The Kier molecular flexibility index (Phi) is 6.70. The fourth-order valence-corrected chi connectivity index (χ4v) is 4.55. The lowest BCUT2D eigenvalue weighted by Crippen LogP contribution is -2.52. The first-order chi connectivity index (χ1) is 5.66. The molecule has 0 rings (SSSR count). The summed E-state index contributed by atoms with van der Waals surface area (Å²) in [5.41, 5.74) is 0. The van der Waals surface area contributed by atoms with Crippen molar-refractivity contribution in [3.8, 4) is 0 Å². The molecule has 12 heavy (non-hydrogen) atoms. The van der Waals surface area contributed by atoms with Gasteiger partial charge < -0.3 is 13.3 Å². The zero-order chi connectivity index (χ0) is 9.61. The second-order valence-corrected chi connectivity index (χ2v) is 6.93. The summed E-state index contributed by atoms with van der Waals surface area (Å²) in [4.78, 5) is -0.00463. The van der Waals surface area contributed by atoms with Crippen LogP contribution in [-0.2, 0) is 13.3 Å². The first-order valence-electron chi connectivity index (χ1n) is 3.61. The van der Waals surface area contributed by atoms with Gasteiger partial charge in [0.2, 0.25) is 0 Å². The minimum absolute atomic E-state index is 0.00463. The Hall–Kier alpha value is 0.797. The van der Waals surface area contributed by atoms with Crippen LogP contribution in [0.15, 0.2) is 0 Å². The predicted octanol–water partition coefficient (Wildman–Crippen LogP) is 1.02. The number of hydrogen-bond donors (Lipinski definition) is 2. The smallest absolute Gasteiger partial charge is 0.376 e. The monoisotopic (exact) mass is 228 g/mol. The summed E-state index contributed by atoms with van der Waals surface area (Å²) in [6, 6.07) is 0. The summed E-state index contributed by atoms with van der Waals surface area (Å²) in [5.74, 6) is 0.749. The SMILES string of the molecule is CO[Si](OC)(OC)C(S)CCS. The maximum absolute atomic E-state index is 5.23. The van der Waals surface area contributed by atoms with Crippen molar-refractivity contribution in [3.05, 3.63) is 0 Å². The van der Waals surface area contributed by atoms with Gasteiger partial charge in [-0.25, -0.2) is 0 Å². The molecule has 0 saturated carbocycles. The van der Waals surface area contributed by atoms with Crippen LogP contribution in [0.2, 0.25) is 0 Å². The first kappa shape index (κ1) is 12.8. The Morgan fingerprint density at radius 3 is 1.83 bits per heavy atom. The van der Waals surface area contributed by atoms with Gasteiger partial charge in [0, 0.05) is 21.3 Å². The van der Waals surface area contributed by atoms with Crippen molar-refractivity contribution in [1.29, 1.82) is 0 Å². The van der Waals surface area contributed by atoms with Crippen LogP contribution in [0.25, 0.3) is 0 Å². The molecule has 0 spiro atoms. The fourth-order valence-electron chi connectivity index (χ4n) is 0.957. The van der Waals surface area contributed by atoms with Crippen LogP contribution in [0.5, 0.6) is 0 Å². The lowest BCUT2D eigenvalue weighted by Gasteiger charge is -2.29. The van der Waals surface area contributed by atoms with Gasteiger partial charge in [-0.3, -0.25) is 0 Å². The van der Waals surface area contributed by atoms with Crippen molar-refractivity contribution < 1.29 is 13.3 Å². The maximum atomic E-state index is 5.23. The maximum Gasteiger partial charge on any atom is 0.513 e. The molecular weight excluding hydrogens is 212 g/mol. The zero-order valence-corrected chi connectivity index (χ0v) is 10.4. The second-order valence-electron chi connectivity index (χ2n) is 2.24. The van der Waals surface area contributed by atoms with Crippen LogP contribution in [0, 0.1) is 0 Å². The van der Waals surface area contributed by atoms with Crippen LogP contribution in [0.4, 0.5) is 0 Å². The molecule has 6 heteroatoms. The van der Waals surface area contributed by atoms with E-state index in [2.05, 4.69) is 25.3 Å². The van der Waals surface area contributed by atoms with E-state index in [9.17, 15) is 0 Å². The van der Waals surface area contributed by atoms with Crippen molar-refractivity contribution in [3.63, 3.8) is 0 Å². The lowest BCUT2D eigenvalue weighted by molar-refractivity contribution is 0.121. The molecule has 0 aliphatic rings. The Labute approximate surface area is 86.0 Å². The van der Waals surface area contributed by atoms with Crippen molar-refractivity contribution in [2.24, 2.45) is 0 Å². The van der Waals surface area contributed by atoms with Crippen molar-refractivity contribution >= 4 is 34.1 Å². The molecule has 0 aliphatic carbocycles. The van der Waals surface area contributed by atoms with Crippen LogP contribution < -0.4 is 0 Å². The van der Waals surface area contributed by atoms with E-state index < -0.39 is 8.80 Å². The van der Waals surface area contributed by atoms with Crippen LogP contribution in [-0.4, -0.2) is 40.8 Å². The minimum atomic E-state index is -2.53. The number of rotatable bonds is 6. The number of thiol groups is 2. The molecule has 0 aliphatic heterocycles. The highest BCUT2D eigenvalue weighted by molar-refractivity contribution is 7.83. The van der Waals surface area contributed by atoms with E-state index in [4.69, 9.17) is 13.3 Å². The second kappa shape index (κ2) is 6.28. The van der Waals surface area contributed by atoms with Crippen molar-refractivity contribution in [1.82, 2.24) is 0 Å². The summed E-state index contributed by atoms with van der Waals surface area (Å²) in [7, 11) is 2.23. The third-order valence-electron chi connectivity index (χ3n) is 1.66. The van der Waals surface area contributed by atoms with Gasteiger partial charge >= 0.3 is 8.80 Å². The molecule has 1 atom stereocenters. The molecule has 74 valence electrons. The summed E-state index contributed by atoms with van der Waals surface area (Å²) in [6.07, 6.45) is 0.813. The average molecular weight is 228 g/mol. The lowest BCUT2D eigenvalue weighted by atomic mass is 10.6. The highest BCUT2D eigenvalue weighted by atomic mass is 32.1. The van der Waals surface area contributed by atoms with Gasteiger partial charge in [-0.15, -0.1) is 0 Å². The van der Waals surface area contributed by atoms with Crippen molar-refractivity contribution in [2.75, 3.05) is 27.1 Å². The standard InChI is InChI=1S/C6H16O3S2Si/c1-7-12(8-2,9-3)6(11)4-5-10/h6,10-11H,4-5H2,1-3H3. The molecule has 0 heterocycles. The van der Waals surface area contributed by atoms with Gasteiger partial charge in [0.1, 0.15) is 0 Å². The van der Waals surface area contributed by atoms with E-state index in [1.165, 1.54) is 0 Å². The normalized spacial score (nSPS) is 14.8. The highest BCUT2D eigenvalue weighted by Crippen LogP contribution is 2.20.